The van der Waals surface area contributed by atoms with Gasteiger partial charge in [-0.3, -0.25) is 5.41 Å². The van der Waals surface area contributed by atoms with Gasteiger partial charge in [-0.05, 0) is 12.1 Å². The van der Waals surface area contributed by atoms with E-state index in [1.54, 1.807) is 18.2 Å². The van der Waals surface area contributed by atoms with Crippen molar-refractivity contribution in [3.63, 3.8) is 0 Å². The molecule has 14 heavy (non-hydrogen) atoms. The Kier molecular flexibility index (Phi) is 3.24. The number of nitrogens with zero attached hydrogens (tertiary/aromatic N) is 1. The van der Waals surface area contributed by atoms with Crippen LogP contribution in [0.3, 0.4) is 0 Å². The Labute approximate surface area is 82.0 Å². The Morgan fingerprint density at radius 3 is 2.86 bits per heavy atom. The highest BCUT2D eigenvalue weighted by atomic mass is 15.0. The van der Waals surface area contributed by atoms with Crippen molar-refractivity contribution in [3.8, 4) is 0 Å². The standard InChI is InChI=1S/C8H14N6/c9-5(8(11)12)4-13-7-3-1-2-6(10)14-7/h1-3,5H,4,9H2,(H3,11,12)(H3,10,13,14). The average Bonchev–Trinajstić information content (AvgIpc) is 2.14. The van der Waals surface area contributed by atoms with Gasteiger partial charge in [0.05, 0.1) is 6.04 Å². The molecule has 0 aliphatic rings. The summed E-state index contributed by atoms with van der Waals surface area (Å²) in [5, 5.41) is 10.0. The van der Waals surface area contributed by atoms with E-state index in [1.807, 2.05) is 0 Å². The van der Waals surface area contributed by atoms with E-state index >= 15 is 0 Å². The van der Waals surface area contributed by atoms with Crippen LogP contribution in [-0.2, 0) is 0 Å². The van der Waals surface area contributed by atoms with Gasteiger partial charge in [-0.25, -0.2) is 4.98 Å². The highest BCUT2D eigenvalue weighted by Gasteiger charge is 2.04. The number of hydrogen-bond donors (Lipinski definition) is 5. The van der Waals surface area contributed by atoms with Crippen molar-refractivity contribution in [3.05, 3.63) is 18.2 Å². The van der Waals surface area contributed by atoms with Crippen LogP contribution in [0.25, 0.3) is 0 Å². The zero-order valence-electron chi connectivity index (χ0n) is 7.70. The Morgan fingerprint density at radius 1 is 1.57 bits per heavy atom. The van der Waals surface area contributed by atoms with Crippen LogP contribution in [-0.4, -0.2) is 23.4 Å². The largest absolute Gasteiger partial charge is 0.386 e. The predicted molar refractivity (Wildman–Crippen MR) is 57.0 cm³/mol. The van der Waals surface area contributed by atoms with E-state index in [1.165, 1.54) is 0 Å². The van der Waals surface area contributed by atoms with Gasteiger partial charge in [0.15, 0.2) is 0 Å². The lowest BCUT2D eigenvalue weighted by Gasteiger charge is -2.11. The third kappa shape index (κ3) is 2.91. The zero-order valence-corrected chi connectivity index (χ0v) is 7.70. The number of nitrogens with one attached hydrogen (secondary N) is 2. The fraction of sp³-hybridized carbons (Fsp3) is 0.250. The fourth-order valence-electron chi connectivity index (χ4n) is 0.874. The quantitative estimate of drug-likeness (QED) is 0.321. The number of pyridine rings is 1. The average molecular weight is 194 g/mol. The number of nitrogens with two attached hydrogens (primary N) is 3. The van der Waals surface area contributed by atoms with Crippen LogP contribution in [0, 0.1) is 5.41 Å². The molecule has 0 radical (unpaired) electrons. The van der Waals surface area contributed by atoms with Crippen molar-refractivity contribution in [1.82, 2.24) is 4.98 Å². The van der Waals surface area contributed by atoms with Crippen molar-refractivity contribution >= 4 is 17.5 Å². The fourth-order valence-corrected chi connectivity index (χ4v) is 0.874. The third-order valence-corrected chi connectivity index (χ3v) is 1.67. The molecule has 1 rings (SSSR count). The second-order valence-corrected chi connectivity index (χ2v) is 2.89. The van der Waals surface area contributed by atoms with Crippen LogP contribution in [0.4, 0.5) is 11.6 Å². The molecule has 0 saturated carbocycles. The summed E-state index contributed by atoms with van der Waals surface area (Å²) < 4.78 is 0. The van der Waals surface area contributed by atoms with Gasteiger partial charge >= 0.3 is 0 Å². The summed E-state index contributed by atoms with van der Waals surface area (Å²) in [6.07, 6.45) is 0. The molecule has 0 bridgehead atoms. The van der Waals surface area contributed by atoms with Gasteiger partial charge in [0.1, 0.15) is 17.5 Å². The van der Waals surface area contributed by atoms with Crippen LogP contribution in [0.15, 0.2) is 18.2 Å². The van der Waals surface area contributed by atoms with Crippen molar-refractivity contribution in [2.45, 2.75) is 6.04 Å². The van der Waals surface area contributed by atoms with Gasteiger partial charge in [-0.15, -0.1) is 0 Å². The second-order valence-electron chi connectivity index (χ2n) is 2.89. The summed E-state index contributed by atoms with van der Waals surface area (Å²) in [5.41, 5.74) is 16.2. The molecule has 0 amide bonds. The molecule has 1 unspecified atom stereocenters. The molecular weight excluding hydrogens is 180 g/mol. The highest BCUT2D eigenvalue weighted by Crippen LogP contribution is 2.04. The molecule has 0 aliphatic carbocycles. The minimum absolute atomic E-state index is 0.0543. The SMILES string of the molecule is N=C(N)C(N)CNc1cccc(N)n1. The van der Waals surface area contributed by atoms with Crippen molar-refractivity contribution < 1.29 is 0 Å². The van der Waals surface area contributed by atoms with Crippen molar-refractivity contribution in [1.29, 1.82) is 5.41 Å². The molecular formula is C8H14N6. The van der Waals surface area contributed by atoms with Crippen LogP contribution in [0.5, 0.6) is 0 Å². The first-order valence-electron chi connectivity index (χ1n) is 4.15. The molecule has 1 atom stereocenters. The Bertz CT molecular complexity index is 323. The van der Waals surface area contributed by atoms with Gasteiger partial charge in [-0.1, -0.05) is 6.07 Å². The minimum Gasteiger partial charge on any atom is -0.386 e. The van der Waals surface area contributed by atoms with E-state index in [9.17, 15) is 0 Å². The Morgan fingerprint density at radius 2 is 2.29 bits per heavy atom. The molecule has 76 valence electrons. The van der Waals surface area contributed by atoms with Gasteiger partial charge in [0.25, 0.3) is 0 Å². The predicted octanol–water partition coefficient (Wildman–Crippen LogP) is -0.661. The van der Waals surface area contributed by atoms with E-state index in [0.717, 1.165) is 0 Å². The smallest absolute Gasteiger partial charge is 0.128 e. The van der Waals surface area contributed by atoms with E-state index in [0.29, 0.717) is 18.2 Å². The topological polar surface area (TPSA) is 127 Å². The lowest BCUT2D eigenvalue weighted by molar-refractivity contribution is 0.877. The van der Waals surface area contributed by atoms with E-state index in [-0.39, 0.29) is 5.84 Å². The minimum atomic E-state index is -0.502. The molecule has 0 saturated heterocycles. The molecule has 1 heterocycles. The molecule has 1 aromatic rings. The molecule has 8 N–H and O–H groups in total. The van der Waals surface area contributed by atoms with Crippen LogP contribution >= 0.6 is 0 Å². The molecule has 0 fully saturated rings. The first kappa shape index (κ1) is 10.3. The summed E-state index contributed by atoms with van der Waals surface area (Å²) in [7, 11) is 0. The van der Waals surface area contributed by atoms with Crippen LogP contribution in [0.1, 0.15) is 0 Å². The van der Waals surface area contributed by atoms with Gasteiger partial charge in [0, 0.05) is 6.54 Å². The maximum Gasteiger partial charge on any atom is 0.128 e. The maximum absolute atomic E-state index is 7.08. The number of aromatic nitrogens is 1. The zero-order chi connectivity index (χ0) is 10.6. The first-order chi connectivity index (χ1) is 6.59. The number of hydrogen-bond acceptors (Lipinski definition) is 5. The highest BCUT2D eigenvalue weighted by molar-refractivity contribution is 5.83. The van der Waals surface area contributed by atoms with E-state index in [4.69, 9.17) is 22.6 Å². The van der Waals surface area contributed by atoms with Gasteiger partial charge in [0.2, 0.25) is 0 Å². The second kappa shape index (κ2) is 4.43. The monoisotopic (exact) mass is 194 g/mol. The van der Waals surface area contributed by atoms with Crippen molar-refractivity contribution in [2.24, 2.45) is 11.5 Å². The summed E-state index contributed by atoms with van der Waals surface area (Å²) in [5.74, 6) is 1.01. The van der Waals surface area contributed by atoms with Crippen LogP contribution < -0.4 is 22.5 Å². The molecule has 6 nitrogen and oxygen atoms in total. The van der Waals surface area contributed by atoms with Crippen LogP contribution in [0.2, 0.25) is 0 Å². The number of nitrogen functional groups attached to an aromatic ring is 1. The summed E-state index contributed by atoms with van der Waals surface area (Å²) >= 11 is 0. The number of rotatable bonds is 4. The maximum atomic E-state index is 7.08. The van der Waals surface area contributed by atoms with Crippen molar-refractivity contribution in [2.75, 3.05) is 17.6 Å². The molecule has 0 aliphatic heterocycles. The Balaban J connectivity index is 2.49. The lowest BCUT2D eigenvalue weighted by atomic mass is 10.3. The molecule has 1 aromatic heterocycles. The normalized spacial score (nSPS) is 12.1. The summed E-state index contributed by atoms with van der Waals surface area (Å²) in [6, 6.07) is 4.74. The molecule has 6 heteroatoms. The summed E-state index contributed by atoms with van der Waals surface area (Å²) in [6.45, 7) is 0.367. The van der Waals surface area contributed by atoms with Gasteiger partial charge in [-0.2, -0.15) is 0 Å². The molecule has 0 aromatic carbocycles. The molecule has 0 spiro atoms. The third-order valence-electron chi connectivity index (χ3n) is 1.67. The Hall–Kier alpha value is -1.82. The van der Waals surface area contributed by atoms with Gasteiger partial charge < -0.3 is 22.5 Å². The summed E-state index contributed by atoms with van der Waals surface area (Å²) in [4.78, 5) is 4.00. The first-order valence-corrected chi connectivity index (χ1v) is 4.15. The number of amidine groups is 1. The number of anilines is 2. The lowest BCUT2D eigenvalue weighted by Crippen LogP contribution is -2.41. The van der Waals surface area contributed by atoms with E-state index in [2.05, 4.69) is 10.3 Å². The van der Waals surface area contributed by atoms with E-state index < -0.39 is 6.04 Å².